The van der Waals surface area contributed by atoms with Gasteiger partial charge in [-0.05, 0) is 43.0 Å². The monoisotopic (exact) mass is 311 g/mol. The molecule has 116 valence electrons. The van der Waals surface area contributed by atoms with Crippen LogP contribution in [0.1, 0.15) is 29.3 Å². The largest absolute Gasteiger partial charge is 0.366 e. The average Bonchev–Trinajstić information content (AvgIpc) is 2.83. The molecule has 1 aromatic carbocycles. The Kier molecular flexibility index (Phi) is 4.10. The highest BCUT2D eigenvalue weighted by atomic mass is 32.2. The normalized spacial score (nSPS) is 23.4. The minimum Gasteiger partial charge on any atom is -0.366 e. The molecular formula is C14H21N3O3S. The second-order valence-electron chi connectivity index (χ2n) is 5.94. The molecule has 1 amide bonds. The number of primary amides is 1. The summed E-state index contributed by atoms with van der Waals surface area (Å²) in [6, 6.07) is 4.46. The van der Waals surface area contributed by atoms with Gasteiger partial charge in [-0.3, -0.25) is 4.79 Å². The van der Waals surface area contributed by atoms with Crippen LogP contribution >= 0.6 is 0 Å². The van der Waals surface area contributed by atoms with E-state index in [0.29, 0.717) is 25.2 Å². The first-order valence-electron chi connectivity index (χ1n) is 6.80. The van der Waals surface area contributed by atoms with Crippen molar-refractivity contribution in [2.24, 2.45) is 16.9 Å². The van der Waals surface area contributed by atoms with Crippen LogP contribution in [0.25, 0.3) is 0 Å². The molecule has 2 rings (SSSR count). The number of aryl methyl sites for hydroxylation is 1. The Morgan fingerprint density at radius 1 is 1.43 bits per heavy atom. The maximum absolute atomic E-state index is 12.7. The predicted octanol–water partition coefficient (Wildman–Crippen LogP) is 0.453. The van der Waals surface area contributed by atoms with E-state index >= 15 is 0 Å². The Morgan fingerprint density at radius 2 is 2.10 bits per heavy atom. The van der Waals surface area contributed by atoms with E-state index in [1.165, 1.54) is 16.4 Å². The third-order valence-corrected chi connectivity index (χ3v) is 5.97. The lowest BCUT2D eigenvalue weighted by Crippen LogP contribution is -2.34. The molecule has 0 aromatic heterocycles. The molecule has 0 spiro atoms. The molecule has 1 heterocycles. The topological polar surface area (TPSA) is 106 Å². The molecule has 21 heavy (non-hydrogen) atoms. The number of nitrogens with zero attached hydrogens (tertiary/aromatic N) is 1. The fourth-order valence-electron chi connectivity index (χ4n) is 2.53. The van der Waals surface area contributed by atoms with Crippen molar-refractivity contribution < 1.29 is 13.2 Å². The lowest BCUT2D eigenvalue weighted by atomic mass is 9.90. The third kappa shape index (κ3) is 2.95. The highest BCUT2D eigenvalue weighted by Crippen LogP contribution is 2.32. The second kappa shape index (κ2) is 5.40. The van der Waals surface area contributed by atoms with Gasteiger partial charge in [-0.25, -0.2) is 8.42 Å². The van der Waals surface area contributed by atoms with Crippen LogP contribution in [0.15, 0.2) is 23.1 Å². The maximum atomic E-state index is 12.7. The summed E-state index contributed by atoms with van der Waals surface area (Å²) in [6.45, 7) is 4.98. The first kappa shape index (κ1) is 15.9. The van der Waals surface area contributed by atoms with E-state index in [1.807, 2.05) is 6.92 Å². The SMILES string of the molecule is Cc1ccc(S(=O)(=O)N2CCC(C)(CN)C2)cc1C(N)=O. The van der Waals surface area contributed by atoms with Gasteiger partial charge in [-0.2, -0.15) is 4.31 Å². The Labute approximate surface area is 125 Å². The molecule has 7 heteroatoms. The van der Waals surface area contributed by atoms with Crippen LogP contribution in [0.4, 0.5) is 0 Å². The summed E-state index contributed by atoms with van der Waals surface area (Å²) in [5, 5.41) is 0. The molecule has 0 bridgehead atoms. The summed E-state index contributed by atoms with van der Waals surface area (Å²) in [6.07, 6.45) is 0.733. The summed E-state index contributed by atoms with van der Waals surface area (Å²) < 4.78 is 26.7. The van der Waals surface area contributed by atoms with E-state index in [-0.39, 0.29) is 15.9 Å². The standard InChI is InChI=1S/C14H21N3O3S/c1-10-3-4-11(7-12(10)13(16)18)21(19,20)17-6-5-14(2,8-15)9-17/h3-4,7H,5-6,8-9,15H2,1-2H3,(H2,16,18). The van der Waals surface area contributed by atoms with E-state index in [1.54, 1.807) is 13.0 Å². The molecule has 1 saturated heterocycles. The van der Waals surface area contributed by atoms with Gasteiger partial charge in [0.2, 0.25) is 15.9 Å². The number of benzene rings is 1. The van der Waals surface area contributed by atoms with Gasteiger partial charge in [-0.1, -0.05) is 13.0 Å². The zero-order valence-electron chi connectivity index (χ0n) is 12.3. The van der Waals surface area contributed by atoms with Gasteiger partial charge in [0, 0.05) is 18.7 Å². The van der Waals surface area contributed by atoms with Crippen LogP contribution in [0, 0.1) is 12.3 Å². The fourth-order valence-corrected chi connectivity index (χ4v) is 4.14. The zero-order chi connectivity index (χ0) is 15.8. The van der Waals surface area contributed by atoms with Crippen molar-refractivity contribution in [2.75, 3.05) is 19.6 Å². The first-order valence-corrected chi connectivity index (χ1v) is 8.24. The summed E-state index contributed by atoms with van der Waals surface area (Å²) in [5.41, 5.74) is 11.7. The van der Waals surface area contributed by atoms with Crippen molar-refractivity contribution in [1.82, 2.24) is 4.31 Å². The highest BCUT2D eigenvalue weighted by molar-refractivity contribution is 7.89. The number of amides is 1. The van der Waals surface area contributed by atoms with E-state index in [9.17, 15) is 13.2 Å². The van der Waals surface area contributed by atoms with Crippen LogP contribution in [0.3, 0.4) is 0 Å². The second-order valence-corrected chi connectivity index (χ2v) is 7.88. The number of nitrogens with two attached hydrogens (primary N) is 2. The van der Waals surface area contributed by atoms with Crippen LogP contribution < -0.4 is 11.5 Å². The average molecular weight is 311 g/mol. The summed E-state index contributed by atoms with van der Waals surface area (Å²) in [5.74, 6) is -0.627. The van der Waals surface area contributed by atoms with Crippen molar-refractivity contribution in [3.8, 4) is 0 Å². The van der Waals surface area contributed by atoms with Gasteiger partial charge in [0.15, 0.2) is 0 Å². The number of sulfonamides is 1. The molecule has 1 aliphatic rings. The molecule has 1 atom stereocenters. The third-order valence-electron chi connectivity index (χ3n) is 4.13. The van der Waals surface area contributed by atoms with Gasteiger partial charge in [0.1, 0.15) is 0 Å². The first-order chi connectivity index (χ1) is 9.69. The molecular weight excluding hydrogens is 290 g/mol. The molecule has 4 N–H and O–H groups in total. The van der Waals surface area contributed by atoms with Crippen LogP contribution in [-0.2, 0) is 10.0 Å². The van der Waals surface area contributed by atoms with Gasteiger partial charge >= 0.3 is 0 Å². The van der Waals surface area contributed by atoms with Gasteiger partial charge in [-0.15, -0.1) is 0 Å². The van der Waals surface area contributed by atoms with Crippen molar-refractivity contribution in [3.63, 3.8) is 0 Å². The number of hydrogen-bond acceptors (Lipinski definition) is 4. The Morgan fingerprint density at radius 3 is 2.62 bits per heavy atom. The Hall–Kier alpha value is -1.44. The van der Waals surface area contributed by atoms with E-state index in [4.69, 9.17) is 11.5 Å². The van der Waals surface area contributed by atoms with Crippen molar-refractivity contribution >= 4 is 15.9 Å². The lowest BCUT2D eigenvalue weighted by Gasteiger charge is -2.22. The molecule has 6 nitrogen and oxygen atoms in total. The smallest absolute Gasteiger partial charge is 0.249 e. The molecule has 1 aliphatic heterocycles. The lowest BCUT2D eigenvalue weighted by molar-refractivity contribution is 0.0999. The number of hydrogen-bond donors (Lipinski definition) is 2. The summed E-state index contributed by atoms with van der Waals surface area (Å²) in [4.78, 5) is 11.5. The minimum atomic E-state index is -3.62. The number of rotatable bonds is 4. The van der Waals surface area contributed by atoms with E-state index in [2.05, 4.69) is 0 Å². The fraction of sp³-hybridized carbons (Fsp3) is 0.500. The maximum Gasteiger partial charge on any atom is 0.249 e. The number of carbonyl (C=O) groups is 1. The molecule has 0 aliphatic carbocycles. The van der Waals surface area contributed by atoms with Crippen molar-refractivity contribution in [2.45, 2.75) is 25.2 Å². The van der Waals surface area contributed by atoms with Crippen LogP contribution in [0.5, 0.6) is 0 Å². The van der Waals surface area contributed by atoms with Gasteiger partial charge in [0.25, 0.3) is 0 Å². The Balaban J connectivity index is 2.37. The molecule has 1 unspecified atom stereocenters. The molecule has 0 saturated carbocycles. The van der Waals surface area contributed by atoms with Crippen molar-refractivity contribution in [3.05, 3.63) is 29.3 Å². The molecule has 0 radical (unpaired) electrons. The highest BCUT2D eigenvalue weighted by Gasteiger charge is 2.39. The van der Waals surface area contributed by atoms with Gasteiger partial charge < -0.3 is 11.5 Å². The minimum absolute atomic E-state index is 0.100. The predicted molar refractivity (Wildman–Crippen MR) is 80.2 cm³/mol. The quantitative estimate of drug-likeness (QED) is 0.842. The van der Waals surface area contributed by atoms with E-state index in [0.717, 1.165) is 6.42 Å². The van der Waals surface area contributed by atoms with E-state index < -0.39 is 15.9 Å². The molecule has 1 fully saturated rings. The van der Waals surface area contributed by atoms with Crippen LogP contribution in [0.2, 0.25) is 0 Å². The zero-order valence-corrected chi connectivity index (χ0v) is 13.1. The summed E-state index contributed by atoms with van der Waals surface area (Å²) >= 11 is 0. The van der Waals surface area contributed by atoms with Gasteiger partial charge in [0.05, 0.1) is 4.90 Å². The molecule has 1 aromatic rings. The Bertz CT molecular complexity index is 672. The summed E-state index contributed by atoms with van der Waals surface area (Å²) in [7, 11) is -3.62. The van der Waals surface area contributed by atoms with Crippen molar-refractivity contribution in [1.29, 1.82) is 0 Å². The van der Waals surface area contributed by atoms with Crippen LogP contribution in [-0.4, -0.2) is 38.3 Å². The number of carbonyl (C=O) groups excluding carboxylic acids is 1.